The van der Waals surface area contributed by atoms with Crippen molar-refractivity contribution >= 4 is 21.8 Å². The highest BCUT2D eigenvalue weighted by Crippen LogP contribution is 2.23. The van der Waals surface area contributed by atoms with Crippen molar-refractivity contribution < 1.29 is 13.2 Å². The monoisotopic (exact) mass is 433 g/mol. The van der Waals surface area contributed by atoms with E-state index >= 15 is 0 Å². The number of hydrogen-bond acceptors (Lipinski definition) is 6. The number of hydrogen-bond donors (Lipinski definition) is 1. The fourth-order valence-corrected chi connectivity index (χ4v) is 3.54. The van der Waals surface area contributed by atoms with Gasteiger partial charge in [0.1, 0.15) is 12.1 Å². The third kappa shape index (κ3) is 5.55. The van der Waals surface area contributed by atoms with Gasteiger partial charge in [0.25, 0.3) is 10.0 Å². The number of nitrogens with one attached hydrogen (secondary N) is 1. The molecule has 0 fully saturated rings. The van der Waals surface area contributed by atoms with Gasteiger partial charge in [0.15, 0.2) is 5.82 Å². The van der Waals surface area contributed by atoms with E-state index in [0.29, 0.717) is 23.1 Å². The molecule has 0 saturated heterocycles. The van der Waals surface area contributed by atoms with Crippen molar-refractivity contribution in [1.29, 1.82) is 0 Å². The standard InChI is InChI=1S/C22H19N5O3S/c1-17-3-5-18(6-4-17)11-14-31(28,29)26-19-7-9-20(10-8-19)30-22-15-21(23-16-24-22)27-13-2-12-25-27/h2-16,26H,1H3/b14-11+. The molecule has 0 radical (unpaired) electrons. The van der Waals surface area contributed by atoms with Gasteiger partial charge in [-0.05, 0) is 48.9 Å². The van der Waals surface area contributed by atoms with E-state index in [1.165, 1.54) is 6.33 Å². The summed E-state index contributed by atoms with van der Waals surface area (Å²) in [5, 5.41) is 5.26. The molecule has 2 heterocycles. The van der Waals surface area contributed by atoms with Gasteiger partial charge in [0.2, 0.25) is 5.88 Å². The summed E-state index contributed by atoms with van der Waals surface area (Å²) in [5.74, 6) is 1.41. The van der Waals surface area contributed by atoms with Gasteiger partial charge in [-0.15, -0.1) is 0 Å². The summed E-state index contributed by atoms with van der Waals surface area (Å²) in [6.07, 6.45) is 6.35. The lowest BCUT2D eigenvalue weighted by atomic mass is 10.2. The molecule has 4 aromatic rings. The van der Waals surface area contributed by atoms with E-state index in [4.69, 9.17) is 4.74 Å². The van der Waals surface area contributed by atoms with Crippen LogP contribution in [0, 0.1) is 6.92 Å². The Balaban J connectivity index is 1.41. The first-order valence-electron chi connectivity index (χ1n) is 9.34. The van der Waals surface area contributed by atoms with Crippen LogP contribution in [0.25, 0.3) is 11.9 Å². The molecule has 2 aromatic carbocycles. The highest BCUT2D eigenvalue weighted by Gasteiger charge is 2.07. The van der Waals surface area contributed by atoms with Crippen molar-refractivity contribution in [3.8, 4) is 17.4 Å². The maximum atomic E-state index is 12.3. The SMILES string of the molecule is Cc1ccc(/C=C/S(=O)(=O)Nc2ccc(Oc3cc(-n4cccn4)ncn3)cc2)cc1. The number of benzene rings is 2. The molecule has 2 aromatic heterocycles. The number of aromatic nitrogens is 4. The minimum Gasteiger partial charge on any atom is -0.439 e. The van der Waals surface area contributed by atoms with Crippen molar-refractivity contribution in [3.05, 3.63) is 95.9 Å². The van der Waals surface area contributed by atoms with Crippen LogP contribution in [0.3, 0.4) is 0 Å². The van der Waals surface area contributed by atoms with E-state index in [-0.39, 0.29) is 0 Å². The highest BCUT2D eigenvalue weighted by molar-refractivity contribution is 7.95. The number of nitrogens with zero attached hydrogens (tertiary/aromatic N) is 4. The molecule has 0 bridgehead atoms. The van der Waals surface area contributed by atoms with E-state index in [9.17, 15) is 8.42 Å². The molecule has 156 valence electrons. The van der Waals surface area contributed by atoms with Gasteiger partial charge in [0, 0.05) is 24.1 Å². The fraction of sp³-hybridized carbons (Fsp3) is 0.0455. The number of anilines is 1. The molecular weight excluding hydrogens is 414 g/mol. The molecule has 0 aliphatic heterocycles. The second-order valence-corrected chi connectivity index (χ2v) is 8.22. The Morgan fingerprint density at radius 3 is 2.52 bits per heavy atom. The third-order valence-electron chi connectivity index (χ3n) is 4.22. The molecule has 0 aliphatic carbocycles. The summed E-state index contributed by atoms with van der Waals surface area (Å²) >= 11 is 0. The van der Waals surface area contributed by atoms with Crippen molar-refractivity contribution in [3.63, 3.8) is 0 Å². The number of sulfonamides is 1. The number of ether oxygens (including phenoxy) is 1. The van der Waals surface area contributed by atoms with Gasteiger partial charge in [-0.2, -0.15) is 5.10 Å². The Kier molecular flexibility index (Phi) is 5.76. The predicted octanol–water partition coefficient (Wildman–Crippen LogP) is 4.18. The Bertz CT molecular complexity index is 1280. The summed E-state index contributed by atoms with van der Waals surface area (Å²) in [6, 6.07) is 17.5. The molecule has 9 heteroatoms. The van der Waals surface area contributed by atoms with E-state index < -0.39 is 10.0 Å². The van der Waals surface area contributed by atoms with Crippen LogP contribution >= 0.6 is 0 Å². The average molecular weight is 433 g/mol. The molecule has 4 rings (SSSR count). The Labute approximate surface area is 179 Å². The van der Waals surface area contributed by atoms with E-state index in [1.807, 2.05) is 31.2 Å². The van der Waals surface area contributed by atoms with E-state index in [0.717, 1.165) is 16.5 Å². The zero-order chi connectivity index (χ0) is 21.7. The summed E-state index contributed by atoms with van der Waals surface area (Å²) in [7, 11) is -3.65. The Hall–Kier alpha value is -3.98. The van der Waals surface area contributed by atoms with Crippen molar-refractivity contribution in [1.82, 2.24) is 19.7 Å². The topological polar surface area (TPSA) is 99.0 Å². The van der Waals surface area contributed by atoms with E-state index in [2.05, 4.69) is 19.8 Å². The van der Waals surface area contributed by atoms with Crippen LogP contribution in [0.5, 0.6) is 11.6 Å². The minimum atomic E-state index is -3.65. The highest BCUT2D eigenvalue weighted by atomic mass is 32.2. The molecule has 0 saturated carbocycles. The lowest BCUT2D eigenvalue weighted by Crippen LogP contribution is -2.08. The van der Waals surface area contributed by atoms with Crippen molar-refractivity contribution in [2.24, 2.45) is 0 Å². The van der Waals surface area contributed by atoms with E-state index in [1.54, 1.807) is 59.5 Å². The van der Waals surface area contributed by atoms with Crippen LogP contribution in [0.1, 0.15) is 11.1 Å². The second-order valence-electron chi connectivity index (χ2n) is 6.65. The second kappa shape index (κ2) is 8.80. The smallest absolute Gasteiger partial charge is 0.255 e. The maximum Gasteiger partial charge on any atom is 0.255 e. The molecule has 1 N–H and O–H groups in total. The van der Waals surface area contributed by atoms with Crippen molar-refractivity contribution in [2.75, 3.05) is 4.72 Å². The van der Waals surface area contributed by atoms with Crippen molar-refractivity contribution in [2.45, 2.75) is 6.92 Å². The molecule has 0 amide bonds. The molecule has 31 heavy (non-hydrogen) atoms. The first kappa shape index (κ1) is 20.3. The molecule has 8 nitrogen and oxygen atoms in total. The summed E-state index contributed by atoms with van der Waals surface area (Å²) in [6.45, 7) is 1.97. The fourth-order valence-electron chi connectivity index (χ4n) is 2.67. The number of rotatable bonds is 7. The molecule has 0 atom stereocenters. The van der Waals surface area contributed by atoms with Gasteiger partial charge < -0.3 is 4.74 Å². The number of aryl methyl sites for hydroxylation is 1. The molecule has 0 aliphatic rings. The Morgan fingerprint density at radius 1 is 1.03 bits per heavy atom. The Morgan fingerprint density at radius 2 is 1.81 bits per heavy atom. The molecule has 0 unspecified atom stereocenters. The lowest BCUT2D eigenvalue weighted by Gasteiger charge is -2.08. The normalized spacial score (nSPS) is 11.5. The maximum absolute atomic E-state index is 12.3. The van der Waals surface area contributed by atoms with Gasteiger partial charge in [-0.3, -0.25) is 4.72 Å². The summed E-state index contributed by atoms with van der Waals surface area (Å²) in [4.78, 5) is 8.24. The van der Waals surface area contributed by atoms with Gasteiger partial charge in [0.05, 0.1) is 5.41 Å². The zero-order valence-corrected chi connectivity index (χ0v) is 17.4. The van der Waals surface area contributed by atoms with Crippen LogP contribution in [0.15, 0.2) is 84.8 Å². The van der Waals surface area contributed by atoms with Gasteiger partial charge in [-0.1, -0.05) is 29.8 Å². The minimum absolute atomic E-state index is 0.342. The van der Waals surface area contributed by atoms with Crippen LogP contribution in [0.4, 0.5) is 5.69 Å². The molecular formula is C22H19N5O3S. The van der Waals surface area contributed by atoms with Crippen LogP contribution in [-0.2, 0) is 10.0 Å². The van der Waals surface area contributed by atoms with Gasteiger partial charge >= 0.3 is 0 Å². The first-order valence-corrected chi connectivity index (χ1v) is 10.9. The zero-order valence-electron chi connectivity index (χ0n) is 16.6. The van der Waals surface area contributed by atoms with Crippen LogP contribution in [0.2, 0.25) is 0 Å². The molecule has 0 spiro atoms. The summed E-state index contributed by atoms with van der Waals surface area (Å²) < 4.78 is 34.5. The van der Waals surface area contributed by atoms with Crippen LogP contribution < -0.4 is 9.46 Å². The first-order chi connectivity index (χ1) is 15.0. The predicted molar refractivity (Wildman–Crippen MR) is 118 cm³/mol. The quantitative estimate of drug-likeness (QED) is 0.470. The van der Waals surface area contributed by atoms with Gasteiger partial charge in [-0.25, -0.2) is 23.1 Å². The third-order valence-corrected chi connectivity index (χ3v) is 5.24. The van der Waals surface area contributed by atoms with Crippen LogP contribution in [-0.4, -0.2) is 28.2 Å². The summed E-state index contributed by atoms with van der Waals surface area (Å²) in [5.41, 5.74) is 2.33. The lowest BCUT2D eigenvalue weighted by molar-refractivity contribution is 0.460. The largest absolute Gasteiger partial charge is 0.439 e. The average Bonchev–Trinajstić information content (AvgIpc) is 3.30.